The quantitative estimate of drug-likeness (QED) is 0.384. The number of rotatable bonds is 3. The van der Waals surface area contributed by atoms with Crippen molar-refractivity contribution < 1.29 is 10.2 Å². The van der Waals surface area contributed by atoms with Crippen LogP contribution in [0.2, 0.25) is 0 Å². The predicted octanol–water partition coefficient (Wildman–Crippen LogP) is 0.484. The van der Waals surface area contributed by atoms with Crippen LogP contribution in [0.25, 0.3) is 0 Å². The molecule has 0 aliphatic carbocycles. The van der Waals surface area contributed by atoms with Gasteiger partial charge in [0.1, 0.15) is 6.10 Å². The number of hydrogen-bond donors (Lipinski definition) is 5. The zero-order valence-corrected chi connectivity index (χ0v) is 9.41. The van der Waals surface area contributed by atoms with Crippen LogP contribution in [0.15, 0.2) is 12.1 Å². The van der Waals surface area contributed by atoms with E-state index in [0.29, 0.717) is 16.9 Å². The van der Waals surface area contributed by atoms with E-state index in [-0.39, 0.29) is 5.75 Å². The second-order valence-electron chi connectivity index (χ2n) is 3.53. The highest BCUT2D eigenvalue weighted by Gasteiger charge is 2.19. The van der Waals surface area contributed by atoms with Crippen molar-refractivity contribution in [2.75, 3.05) is 17.2 Å². The molecule has 0 heterocycles. The first kappa shape index (κ1) is 12.2. The normalized spacial score (nSPS) is 14.9. The Morgan fingerprint density at radius 3 is 2.33 bits per heavy atom. The van der Waals surface area contributed by atoms with E-state index in [2.05, 4.69) is 12.6 Å². The topological polar surface area (TPSA) is 92.5 Å². The van der Waals surface area contributed by atoms with Crippen molar-refractivity contribution >= 4 is 24.0 Å². The van der Waals surface area contributed by atoms with Crippen LogP contribution in [0.1, 0.15) is 17.2 Å². The van der Waals surface area contributed by atoms with Crippen LogP contribution in [-0.2, 0) is 0 Å². The van der Waals surface area contributed by atoms with Gasteiger partial charge in [0.25, 0.3) is 0 Å². The molecule has 0 spiro atoms. The Kier molecular flexibility index (Phi) is 3.84. The monoisotopic (exact) mass is 228 g/mol. The molecule has 1 rings (SSSR count). The van der Waals surface area contributed by atoms with Gasteiger partial charge in [-0.3, -0.25) is 0 Å². The zero-order valence-electron chi connectivity index (χ0n) is 8.51. The largest absolute Gasteiger partial charge is 0.397 e. The minimum absolute atomic E-state index is 0.185. The highest BCUT2D eigenvalue weighted by atomic mass is 32.1. The number of aliphatic hydroxyl groups is 2. The molecule has 15 heavy (non-hydrogen) atoms. The summed E-state index contributed by atoms with van der Waals surface area (Å²) in [6.45, 7) is 1.81. The smallest absolute Gasteiger partial charge is 0.106 e. The van der Waals surface area contributed by atoms with Gasteiger partial charge in [-0.2, -0.15) is 12.6 Å². The van der Waals surface area contributed by atoms with E-state index in [9.17, 15) is 10.2 Å². The van der Waals surface area contributed by atoms with Crippen LogP contribution >= 0.6 is 12.6 Å². The average Bonchev–Trinajstić information content (AvgIpc) is 2.21. The molecule has 0 aliphatic rings. The van der Waals surface area contributed by atoms with Gasteiger partial charge < -0.3 is 21.7 Å². The molecule has 0 saturated heterocycles. The maximum absolute atomic E-state index is 9.79. The average molecular weight is 228 g/mol. The Balaban J connectivity index is 3.09. The molecule has 0 amide bonds. The lowest BCUT2D eigenvalue weighted by atomic mass is 9.98. The van der Waals surface area contributed by atoms with E-state index < -0.39 is 12.2 Å². The lowest BCUT2D eigenvalue weighted by molar-refractivity contribution is 0.0334. The predicted molar refractivity (Wildman–Crippen MR) is 64.8 cm³/mol. The third-order valence-electron chi connectivity index (χ3n) is 2.34. The van der Waals surface area contributed by atoms with Crippen molar-refractivity contribution in [1.29, 1.82) is 0 Å². The second kappa shape index (κ2) is 4.74. The molecule has 2 atom stereocenters. The van der Waals surface area contributed by atoms with Crippen LogP contribution in [0, 0.1) is 6.92 Å². The maximum Gasteiger partial charge on any atom is 0.106 e. The molecule has 0 radical (unpaired) electrons. The van der Waals surface area contributed by atoms with Crippen molar-refractivity contribution in [2.45, 2.75) is 19.1 Å². The highest BCUT2D eigenvalue weighted by molar-refractivity contribution is 7.80. The van der Waals surface area contributed by atoms with E-state index in [1.165, 1.54) is 0 Å². The molecule has 0 aliphatic heterocycles. The van der Waals surface area contributed by atoms with Crippen LogP contribution in [0.3, 0.4) is 0 Å². The lowest BCUT2D eigenvalue weighted by Gasteiger charge is -2.19. The number of nitrogen functional groups attached to an aromatic ring is 2. The Morgan fingerprint density at radius 1 is 1.27 bits per heavy atom. The summed E-state index contributed by atoms with van der Waals surface area (Å²) in [7, 11) is 0. The SMILES string of the molecule is Cc1cc(N)c(N)cc1C(O)C(O)CS. The van der Waals surface area contributed by atoms with Gasteiger partial charge in [0.05, 0.1) is 17.5 Å². The van der Waals surface area contributed by atoms with Gasteiger partial charge in [-0.15, -0.1) is 0 Å². The first-order valence-corrected chi connectivity index (χ1v) is 5.23. The van der Waals surface area contributed by atoms with Gasteiger partial charge in [0.15, 0.2) is 0 Å². The summed E-state index contributed by atoms with van der Waals surface area (Å²) >= 11 is 3.92. The van der Waals surface area contributed by atoms with Gasteiger partial charge in [-0.1, -0.05) is 0 Å². The minimum atomic E-state index is -0.981. The van der Waals surface area contributed by atoms with Gasteiger partial charge in [-0.25, -0.2) is 0 Å². The van der Waals surface area contributed by atoms with Gasteiger partial charge >= 0.3 is 0 Å². The van der Waals surface area contributed by atoms with Gasteiger partial charge in [0.2, 0.25) is 0 Å². The van der Waals surface area contributed by atoms with Crippen molar-refractivity contribution in [3.05, 3.63) is 23.3 Å². The standard InChI is InChI=1S/C10H16N2O2S/c1-5-2-7(11)8(12)3-6(5)10(14)9(13)4-15/h2-3,9-10,13-15H,4,11-12H2,1H3. The molecule has 0 aromatic heterocycles. The fraction of sp³-hybridized carbons (Fsp3) is 0.400. The summed E-state index contributed by atoms with van der Waals surface area (Å²) in [4.78, 5) is 0. The molecule has 6 N–H and O–H groups in total. The molecule has 4 nitrogen and oxygen atoms in total. The maximum atomic E-state index is 9.79. The van der Waals surface area contributed by atoms with Crippen molar-refractivity contribution in [3.8, 4) is 0 Å². The molecule has 1 aromatic carbocycles. The number of benzene rings is 1. The van der Waals surface area contributed by atoms with Crippen LogP contribution in [0.4, 0.5) is 11.4 Å². The van der Waals surface area contributed by atoms with E-state index in [1.54, 1.807) is 19.1 Å². The minimum Gasteiger partial charge on any atom is -0.397 e. The number of anilines is 2. The molecular formula is C10H16N2O2S. The molecule has 84 valence electrons. The summed E-state index contributed by atoms with van der Waals surface area (Å²) in [5, 5.41) is 19.3. The number of hydrogen-bond acceptors (Lipinski definition) is 5. The van der Waals surface area contributed by atoms with Crippen LogP contribution in [0.5, 0.6) is 0 Å². The second-order valence-corrected chi connectivity index (χ2v) is 3.90. The zero-order chi connectivity index (χ0) is 11.6. The van der Waals surface area contributed by atoms with Crippen molar-refractivity contribution in [1.82, 2.24) is 0 Å². The number of nitrogens with two attached hydrogens (primary N) is 2. The van der Waals surface area contributed by atoms with Crippen LogP contribution < -0.4 is 11.5 Å². The Hall–Kier alpha value is -0.910. The number of aliphatic hydroxyl groups excluding tert-OH is 2. The summed E-state index contributed by atoms with van der Waals surface area (Å²) in [6, 6.07) is 3.26. The first-order valence-electron chi connectivity index (χ1n) is 4.59. The van der Waals surface area contributed by atoms with Gasteiger partial charge in [0, 0.05) is 5.75 Å². The Bertz CT molecular complexity index is 358. The summed E-state index contributed by atoms with van der Waals surface area (Å²) in [5.74, 6) is 0.185. The van der Waals surface area contributed by atoms with E-state index in [4.69, 9.17) is 11.5 Å². The molecule has 5 heteroatoms. The van der Waals surface area contributed by atoms with E-state index >= 15 is 0 Å². The van der Waals surface area contributed by atoms with Crippen molar-refractivity contribution in [3.63, 3.8) is 0 Å². The fourth-order valence-corrected chi connectivity index (χ4v) is 1.59. The summed E-state index contributed by atoms with van der Waals surface area (Å²) in [6.07, 6.45) is -1.89. The highest BCUT2D eigenvalue weighted by Crippen LogP contribution is 2.27. The van der Waals surface area contributed by atoms with Gasteiger partial charge in [-0.05, 0) is 30.2 Å². The summed E-state index contributed by atoms with van der Waals surface area (Å²) < 4.78 is 0. The molecule has 2 unspecified atom stereocenters. The fourth-order valence-electron chi connectivity index (χ4n) is 1.39. The van der Waals surface area contributed by atoms with E-state index in [1.807, 2.05) is 0 Å². The number of thiol groups is 1. The molecule has 1 aromatic rings. The molecule has 0 fully saturated rings. The molecular weight excluding hydrogens is 212 g/mol. The molecule has 0 saturated carbocycles. The lowest BCUT2D eigenvalue weighted by Crippen LogP contribution is -2.20. The first-order chi connectivity index (χ1) is 6.97. The third-order valence-corrected chi connectivity index (χ3v) is 2.72. The van der Waals surface area contributed by atoms with Crippen LogP contribution in [-0.4, -0.2) is 22.1 Å². The molecule has 0 bridgehead atoms. The Morgan fingerprint density at radius 2 is 1.80 bits per heavy atom. The van der Waals surface area contributed by atoms with E-state index in [0.717, 1.165) is 5.56 Å². The number of aryl methyl sites for hydroxylation is 1. The summed E-state index contributed by atoms with van der Waals surface area (Å²) in [5.41, 5.74) is 13.5. The third kappa shape index (κ3) is 2.56. The van der Waals surface area contributed by atoms with Crippen molar-refractivity contribution in [2.24, 2.45) is 0 Å². The Labute approximate surface area is 94.3 Å².